The molecule has 1 saturated heterocycles. The lowest BCUT2D eigenvalue weighted by atomic mass is 9.88. The van der Waals surface area contributed by atoms with Gasteiger partial charge in [0.1, 0.15) is 10.7 Å². The molecule has 180 valence electrons. The number of thiocarbonyl (C=S) groups is 1. The third-order valence-corrected chi connectivity index (χ3v) is 7.72. The largest absolute Gasteiger partial charge is 0.366 e. The van der Waals surface area contributed by atoms with Crippen molar-refractivity contribution in [1.29, 1.82) is 0 Å². The Bertz CT molecular complexity index is 1160. The summed E-state index contributed by atoms with van der Waals surface area (Å²) < 4.78 is 0. The molecule has 0 spiro atoms. The van der Waals surface area contributed by atoms with Crippen LogP contribution in [-0.4, -0.2) is 34.9 Å². The Hall–Kier alpha value is -3.05. The van der Waals surface area contributed by atoms with Gasteiger partial charge in [-0.2, -0.15) is 0 Å². The van der Waals surface area contributed by atoms with E-state index in [1.54, 1.807) is 12.1 Å². The van der Waals surface area contributed by atoms with Crippen LogP contribution < -0.4 is 21.3 Å². The molecule has 2 aromatic rings. The Morgan fingerprint density at radius 3 is 2.68 bits per heavy atom. The number of anilines is 2. The summed E-state index contributed by atoms with van der Waals surface area (Å²) in [4.78, 5) is 39.2. The lowest BCUT2D eigenvalue weighted by Crippen LogP contribution is -2.34. The van der Waals surface area contributed by atoms with E-state index in [0.717, 1.165) is 62.1 Å². The molecule has 2 heterocycles. The second-order valence-electron chi connectivity index (χ2n) is 8.84. The van der Waals surface area contributed by atoms with Gasteiger partial charge in [0.15, 0.2) is 5.11 Å². The SMILES string of the molecule is C[C@@H]1CCc2c(sc(NC(=S)NC(=O)c3ccc(N4CCCCC4)c([N+](=O)[O-])c3)c2C(N)=O)C1. The molecule has 1 aromatic heterocycles. The van der Waals surface area contributed by atoms with Crippen molar-refractivity contribution in [3.8, 4) is 0 Å². The molecule has 1 aliphatic heterocycles. The minimum atomic E-state index is -0.568. The summed E-state index contributed by atoms with van der Waals surface area (Å²) in [5, 5.41) is 17.7. The first kappa shape index (κ1) is 24.1. The van der Waals surface area contributed by atoms with Crippen LogP contribution in [0.4, 0.5) is 16.4 Å². The summed E-state index contributed by atoms with van der Waals surface area (Å²) in [5.41, 5.74) is 7.56. The van der Waals surface area contributed by atoms with Crippen molar-refractivity contribution in [3.05, 3.63) is 49.9 Å². The monoisotopic (exact) mass is 501 g/mol. The summed E-state index contributed by atoms with van der Waals surface area (Å²) >= 11 is 6.73. The zero-order valence-electron chi connectivity index (χ0n) is 18.9. The van der Waals surface area contributed by atoms with Crippen LogP contribution >= 0.6 is 23.6 Å². The Kier molecular flexibility index (Phi) is 7.13. The van der Waals surface area contributed by atoms with Crippen molar-refractivity contribution in [2.45, 2.75) is 45.4 Å². The number of nitro benzene ring substituents is 1. The van der Waals surface area contributed by atoms with E-state index in [2.05, 4.69) is 17.6 Å². The quantitative estimate of drug-likeness (QED) is 0.321. The highest BCUT2D eigenvalue weighted by atomic mass is 32.1. The summed E-state index contributed by atoms with van der Waals surface area (Å²) in [6, 6.07) is 4.46. The number of nitrogens with one attached hydrogen (secondary N) is 2. The van der Waals surface area contributed by atoms with Crippen LogP contribution in [0.25, 0.3) is 0 Å². The van der Waals surface area contributed by atoms with E-state index in [4.69, 9.17) is 18.0 Å². The molecule has 1 fully saturated rings. The minimum absolute atomic E-state index is 0.00176. The first-order valence-electron chi connectivity index (χ1n) is 11.3. The van der Waals surface area contributed by atoms with E-state index in [9.17, 15) is 19.7 Å². The maximum absolute atomic E-state index is 12.8. The van der Waals surface area contributed by atoms with Crippen LogP contribution in [0.3, 0.4) is 0 Å². The van der Waals surface area contributed by atoms with Crippen LogP contribution in [0.2, 0.25) is 0 Å². The number of amides is 2. The van der Waals surface area contributed by atoms with Crippen molar-refractivity contribution in [1.82, 2.24) is 5.32 Å². The molecule has 4 rings (SSSR count). The number of rotatable bonds is 5. The van der Waals surface area contributed by atoms with E-state index in [0.29, 0.717) is 22.2 Å². The summed E-state index contributed by atoms with van der Waals surface area (Å²) in [6.45, 7) is 3.68. The number of fused-ring (bicyclic) bond motifs is 1. The highest BCUT2D eigenvalue weighted by Crippen LogP contribution is 2.39. The van der Waals surface area contributed by atoms with Gasteiger partial charge in [-0.05, 0) is 74.4 Å². The van der Waals surface area contributed by atoms with E-state index in [1.807, 2.05) is 4.90 Å². The fourth-order valence-corrected chi connectivity index (χ4v) is 6.30. The van der Waals surface area contributed by atoms with Gasteiger partial charge < -0.3 is 16.0 Å². The van der Waals surface area contributed by atoms with Crippen LogP contribution in [0.15, 0.2) is 18.2 Å². The first-order chi connectivity index (χ1) is 16.2. The number of nitrogens with zero attached hydrogens (tertiary/aromatic N) is 2. The average Bonchev–Trinajstić information content (AvgIpc) is 3.15. The van der Waals surface area contributed by atoms with Gasteiger partial charge in [-0.1, -0.05) is 6.92 Å². The molecule has 34 heavy (non-hydrogen) atoms. The van der Waals surface area contributed by atoms with Gasteiger partial charge in [-0.15, -0.1) is 11.3 Å². The third-order valence-electron chi connectivity index (χ3n) is 6.34. The predicted molar refractivity (Wildman–Crippen MR) is 137 cm³/mol. The number of nitro groups is 1. The van der Waals surface area contributed by atoms with E-state index in [-0.39, 0.29) is 16.4 Å². The van der Waals surface area contributed by atoms with Gasteiger partial charge in [0, 0.05) is 29.6 Å². The molecule has 11 heteroatoms. The number of carbonyl (C=O) groups is 2. The van der Waals surface area contributed by atoms with Gasteiger partial charge in [0.05, 0.1) is 10.5 Å². The number of nitrogens with two attached hydrogens (primary N) is 1. The Labute approximate surface area is 206 Å². The van der Waals surface area contributed by atoms with Crippen LogP contribution in [-0.2, 0) is 12.8 Å². The Morgan fingerprint density at radius 2 is 2.00 bits per heavy atom. The highest BCUT2D eigenvalue weighted by molar-refractivity contribution is 7.80. The molecule has 1 aromatic carbocycles. The molecule has 0 saturated carbocycles. The minimum Gasteiger partial charge on any atom is -0.366 e. The predicted octanol–water partition coefficient (Wildman–Crippen LogP) is 4.00. The summed E-state index contributed by atoms with van der Waals surface area (Å²) in [5.74, 6) is -0.580. The molecular weight excluding hydrogens is 474 g/mol. The van der Waals surface area contributed by atoms with Gasteiger partial charge >= 0.3 is 0 Å². The normalized spacial score (nSPS) is 17.6. The number of benzene rings is 1. The number of carbonyl (C=O) groups excluding carboxylic acids is 2. The van der Waals surface area contributed by atoms with E-state index < -0.39 is 16.7 Å². The molecule has 2 amide bonds. The van der Waals surface area contributed by atoms with Crippen LogP contribution in [0.1, 0.15) is 63.8 Å². The smallest absolute Gasteiger partial charge is 0.293 e. The van der Waals surface area contributed by atoms with Crippen molar-refractivity contribution >= 4 is 56.9 Å². The Morgan fingerprint density at radius 1 is 1.26 bits per heavy atom. The second-order valence-corrected chi connectivity index (χ2v) is 10.4. The van der Waals surface area contributed by atoms with Crippen molar-refractivity contribution in [3.63, 3.8) is 0 Å². The molecule has 2 aliphatic rings. The van der Waals surface area contributed by atoms with E-state index >= 15 is 0 Å². The van der Waals surface area contributed by atoms with Crippen molar-refractivity contribution < 1.29 is 14.5 Å². The maximum atomic E-state index is 12.8. The number of hydrogen-bond donors (Lipinski definition) is 3. The number of hydrogen-bond acceptors (Lipinski definition) is 7. The zero-order chi connectivity index (χ0) is 24.4. The molecule has 0 unspecified atom stereocenters. The number of primary amides is 1. The van der Waals surface area contributed by atoms with Gasteiger partial charge in [-0.3, -0.25) is 25.0 Å². The highest BCUT2D eigenvalue weighted by Gasteiger charge is 2.27. The van der Waals surface area contributed by atoms with Gasteiger partial charge in [0.25, 0.3) is 17.5 Å². The average molecular weight is 502 g/mol. The third kappa shape index (κ3) is 5.05. The standard InChI is InChI=1S/C23H27N5O4S2/c1-13-5-7-15-18(11-13)34-22(19(15)20(24)29)26-23(33)25-21(30)14-6-8-16(17(12-14)28(31)32)27-9-3-2-4-10-27/h6,8,12-13H,2-5,7,9-11H2,1H3,(H2,24,29)(H2,25,26,30,33)/t13-/m1/s1. The fourth-order valence-electron chi connectivity index (χ4n) is 4.62. The van der Waals surface area contributed by atoms with Gasteiger partial charge in [-0.25, -0.2) is 0 Å². The molecule has 1 aliphatic carbocycles. The molecular formula is C23H27N5O4S2. The number of thiophene rings is 1. The van der Waals surface area contributed by atoms with Crippen molar-refractivity contribution in [2.75, 3.05) is 23.3 Å². The first-order valence-corrected chi connectivity index (χ1v) is 12.6. The molecule has 9 nitrogen and oxygen atoms in total. The second kappa shape index (κ2) is 10.1. The number of piperidine rings is 1. The molecule has 1 atom stereocenters. The maximum Gasteiger partial charge on any atom is 0.293 e. The van der Waals surface area contributed by atoms with Gasteiger partial charge in [0.2, 0.25) is 0 Å². The zero-order valence-corrected chi connectivity index (χ0v) is 20.5. The van der Waals surface area contributed by atoms with E-state index in [1.165, 1.54) is 17.4 Å². The lowest BCUT2D eigenvalue weighted by molar-refractivity contribution is -0.384. The lowest BCUT2D eigenvalue weighted by Gasteiger charge is -2.28. The summed E-state index contributed by atoms with van der Waals surface area (Å²) in [7, 11) is 0. The van der Waals surface area contributed by atoms with Crippen molar-refractivity contribution in [2.24, 2.45) is 11.7 Å². The molecule has 0 radical (unpaired) electrons. The van der Waals surface area contributed by atoms with Crippen LogP contribution in [0.5, 0.6) is 0 Å². The Balaban J connectivity index is 1.50. The molecule has 0 bridgehead atoms. The molecule has 4 N–H and O–H groups in total. The van der Waals surface area contributed by atoms with Crippen LogP contribution in [0, 0.1) is 16.0 Å². The topological polar surface area (TPSA) is 131 Å². The summed E-state index contributed by atoms with van der Waals surface area (Å²) in [6.07, 6.45) is 5.71. The fraction of sp³-hybridized carbons (Fsp3) is 0.435.